The number of benzene rings is 3. The topological polar surface area (TPSA) is 71.5 Å². The van der Waals surface area contributed by atoms with Crippen LogP contribution in [0.3, 0.4) is 0 Å². The van der Waals surface area contributed by atoms with Crippen LogP contribution in [0.15, 0.2) is 87.6 Å². The van der Waals surface area contributed by atoms with E-state index in [1.165, 1.54) is 49.4 Å². The second-order valence-electron chi connectivity index (χ2n) is 7.57. The molecule has 1 aliphatic heterocycles. The highest BCUT2D eigenvalue weighted by Crippen LogP contribution is 2.43. The second-order valence-corrected chi connectivity index (χ2v) is 11.3. The normalized spacial score (nSPS) is 15.3. The van der Waals surface area contributed by atoms with Crippen molar-refractivity contribution in [2.24, 2.45) is 0 Å². The first-order valence-corrected chi connectivity index (χ1v) is 12.8. The molecule has 0 saturated heterocycles. The van der Waals surface area contributed by atoms with Gasteiger partial charge in [-0.15, -0.1) is 0 Å². The molecule has 3 aromatic carbocycles. The van der Waals surface area contributed by atoms with Crippen LogP contribution in [-0.4, -0.2) is 21.1 Å². The SMILES string of the molecule is CC1=C(N(Cc2ccc(F)c(C(F)(F)F)c2)S(=O)(=O)c2ccccc2)S(=O)(=O)c2ccccc21. The van der Waals surface area contributed by atoms with Crippen LogP contribution in [0.2, 0.25) is 0 Å². The number of halogens is 4. The number of hydrogen-bond donors (Lipinski definition) is 0. The summed E-state index contributed by atoms with van der Waals surface area (Å²) in [6, 6.07) is 14.9. The van der Waals surface area contributed by atoms with Gasteiger partial charge in [0.25, 0.3) is 10.0 Å². The van der Waals surface area contributed by atoms with Gasteiger partial charge in [0.15, 0.2) is 5.03 Å². The van der Waals surface area contributed by atoms with Crippen LogP contribution in [0.5, 0.6) is 0 Å². The average Bonchev–Trinajstić information content (AvgIpc) is 2.98. The van der Waals surface area contributed by atoms with E-state index in [0.29, 0.717) is 22.0 Å². The summed E-state index contributed by atoms with van der Waals surface area (Å²) in [5, 5.41) is -0.560. The van der Waals surface area contributed by atoms with Crippen molar-refractivity contribution in [1.29, 1.82) is 0 Å². The molecule has 0 radical (unpaired) electrons. The highest BCUT2D eigenvalue weighted by molar-refractivity contribution is 7.97. The number of sulfone groups is 1. The molecular weight excluding hydrogens is 494 g/mol. The standard InChI is InChI=1S/C23H17F4NO4S2/c1-15-18-9-5-6-10-21(18)33(29,30)22(15)28(34(31,32)17-7-3-2-4-8-17)14-16-11-12-20(24)19(13-16)23(25,26)27/h2-13H,14H2,1H3. The fraction of sp³-hybridized carbons (Fsp3) is 0.130. The maximum absolute atomic E-state index is 13.8. The number of fused-ring (bicyclic) bond motifs is 1. The number of sulfonamides is 1. The molecule has 0 amide bonds. The number of allylic oxidation sites excluding steroid dienone is 1. The molecule has 0 saturated carbocycles. The van der Waals surface area contributed by atoms with Crippen LogP contribution < -0.4 is 0 Å². The minimum absolute atomic E-state index is 0.106. The minimum atomic E-state index is -5.02. The van der Waals surface area contributed by atoms with Crippen molar-refractivity contribution in [3.63, 3.8) is 0 Å². The van der Waals surface area contributed by atoms with Gasteiger partial charge in [-0.1, -0.05) is 42.5 Å². The molecule has 34 heavy (non-hydrogen) atoms. The first kappa shape index (κ1) is 24.0. The first-order chi connectivity index (χ1) is 15.8. The Morgan fingerprint density at radius 2 is 1.53 bits per heavy atom. The number of rotatable bonds is 5. The molecule has 0 atom stereocenters. The van der Waals surface area contributed by atoms with Crippen LogP contribution in [0.25, 0.3) is 5.57 Å². The van der Waals surface area contributed by atoms with Crippen LogP contribution in [0, 0.1) is 5.82 Å². The molecule has 5 nitrogen and oxygen atoms in total. The molecule has 0 aliphatic carbocycles. The Bertz CT molecular complexity index is 1510. The van der Waals surface area contributed by atoms with Crippen molar-refractivity contribution in [3.8, 4) is 0 Å². The summed E-state index contributed by atoms with van der Waals surface area (Å²) in [7, 11) is -8.86. The summed E-state index contributed by atoms with van der Waals surface area (Å²) in [6.07, 6.45) is -5.02. The molecule has 178 valence electrons. The highest BCUT2D eigenvalue weighted by Gasteiger charge is 2.42. The van der Waals surface area contributed by atoms with Crippen molar-refractivity contribution in [1.82, 2.24) is 4.31 Å². The van der Waals surface area contributed by atoms with Gasteiger partial charge in [-0.3, -0.25) is 4.31 Å². The first-order valence-electron chi connectivity index (χ1n) is 9.84. The molecule has 3 aromatic rings. The Hall–Kier alpha value is -3.18. The maximum Gasteiger partial charge on any atom is 0.419 e. The molecule has 4 rings (SSSR count). The lowest BCUT2D eigenvalue weighted by atomic mass is 10.1. The largest absolute Gasteiger partial charge is 0.419 e. The van der Waals surface area contributed by atoms with E-state index in [0.717, 1.165) is 6.07 Å². The van der Waals surface area contributed by atoms with E-state index in [-0.39, 0.29) is 20.9 Å². The van der Waals surface area contributed by atoms with Crippen molar-refractivity contribution in [2.45, 2.75) is 29.4 Å². The lowest BCUT2D eigenvalue weighted by Gasteiger charge is -2.26. The summed E-state index contributed by atoms with van der Waals surface area (Å²) in [4.78, 5) is -0.356. The summed E-state index contributed by atoms with van der Waals surface area (Å²) in [5.41, 5.74) is -1.39. The van der Waals surface area contributed by atoms with E-state index in [1.807, 2.05) is 0 Å². The zero-order valence-corrected chi connectivity index (χ0v) is 19.2. The molecule has 0 aromatic heterocycles. The Labute approximate surface area is 193 Å². The van der Waals surface area contributed by atoms with E-state index < -0.39 is 49.0 Å². The molecule has 0 N–H and O–H groups in total. The summed E-state index contributed by atoms with van der Waals surface area (Å²) < 4.78 is 108. The van der Waals surface area contributed by atoms with E-state index in [2.05, 4.69) is 0 Å². The predicted octanol–water partition coefficient (Wildman–Crippen LogP) is 5.21. The highest BCUT2D eigenvalue weighted by atomic mass is 32.2. The smallest absolute Gasteiger partial charge is 0.251 e. The van der Waals surface area contributed by atoms with Gasteiger partial charge in [0.05, 0.1) is 21.9 Å². The van der Waals surface area contributed by atoms with Crippen LogP contribution in [-0.2, 0) is 32.6 Å². The fourth-order valence-electron chi connectivity index (χ4n) is 3.79. The average molecular weight is 512 g/mol. The van der Waals surface area contributed by atoms with Crippen LogP contribution in [0.4, 0.5) is 17.6 Å². The van der Waals surface area contributed by atoms with Crippen molar-refractivity contribution < 1.29 is 34.4 Å². The van der Waals surface area contributed by atoms with Gasteiger partial charge < -0.3 is 0 Å². The Kier molecular flexibility index (Phi) is 5.81. The fourth-order valence-corrected chi connectivity index (χ4v) is 7.63. The lowest BCUT2D eigenvalue weighted by Crippen LogP contribution is -2.33. The third-order valence-electron chi connectivity index (χ3n) is 5.38. The minimum Gasteiger partial charge on any atom is -0.251 e. The lowest BCUT2D eigenvalue weighted by molar-refractivity contribution is -0.140. The zero-order valence-electron chi connectivity index (χ0n) is 17.5. The van der Waals surface area contributed by atoms with E-state index in [1.54, 1.807) is 12.1 Å². The molecule has 1 aliphatic rings. The van der Waals surface area contributed by atoms with Crippen molar-refractivity contribution >= 4 is 25.4 Å². The van der Waals surface area contributed by atoms with Gasteiger partial charge >= 0.3 is 6.18 Å². The van der Waals surface area contributed by atoms with Gasteiger partial charge in [0.2, 0.25) is 9.84 Å². The van der Waals surface area contributed by atoms with Crippen molar-refractivity contribution in [3.05, 3.63) is 100 Å². The molecule has 1 heterocycles. The number of nitrogens with zero attached hydrogens (tertiary/aromatic N) is 1. The predicted molar refractivity (Wildman–Crippen MR) is 117 cm³/mol. The van der Waals surface area contributed by atoms with Gasteiger partial charge in [0, 0.05) is 0 Å². The van der Waals surface area contributed by atoms with Gasteiger partial charge in [-0.05, 0) is 54.0 Å². The van der Waals surface area contributed by atoms with E-state index in [4.69, 9.17) is 0 Å². The molecular formula is C23H17F4NO4S2. The zero-order chi connectivity index (χ0) is 24.9. The molecule has 0 spiro atoms. The molecule has 0 fully saturated rings. The Morgan fingerprint density at radius 3 is 2.15 bits per heavy atom. The van der Waals surface area contributed by atoms with Crippen molar-refractivity contribution in [2.75, 3.05) is 0 Å². The third kappa shape index (κ3) is 3.98. The molecule has 0 bridgehead atoms. The van der Waals surface area contributed by atoms with E-state index in [9.17, 15) is 34.4 Å². The molecule has 0 unspecified atom stereocenters. The van der Waals surface area contributed by atoms with E-state index >= 15 is 0 Å². The number of alkyl halides is 3. The Morgan fingerprint density at radius 1 is 0.912 bits per heavy atom. The summed E-state index contributed by atoms with van der Waals surface area (Å²) in [5.74, 6) is -1.52. The van der Waals surface area contributed by atoms with Crippen LogP contribution >= 0.6 is 0 Å². The quantitative estimate of drug-likeness (QED) is 0.441. The molecule has 11 heteroatoms. The summed E-state index contributed by atoms with van der Waals surface area (Å²) >= 11 is 0. The summed E-state index contributed by atoms with van der Waals surface area (Å²) in [6.45, 7) is 0.665. The monoisotopic (exact) mass is 511 g/mol. The van der Waals surface area contributed by atoms with Gasteiger partial charge in [0.1, 0.15) is 5.82 Å². The Balaban J connectivity index is 1.93. The third-order valence-corrected chi connectivity index (χ3v) is 9.22. The van der Waals surface area contributed by atoms with Gasteiger partial charge in [-0.2, -0.15) is 13.2 Å². The maximum atomic E-state index is 13.8. The number of hydrogen-bond acceptors (Lipinski definition) is 4. The second kappa shape index (κ2) is 8.24. The van der Waals surface area contributed by atoms with Crippen LogP contribution in [0.1, 0.15) is 23.6 Å². The van der Waals surface area contributed by atoms with Gasteiger partial charge in [-0.25, -0.2) is 21.2 Å².